The van der Waals surface area contributed by atoms with E-state index in [1.807, 2.05) is 35.2 Å². The molecule has 0 amide bonds. The number of hydrogen-bond donors (Lipinski definition) is 1. The highest BCUT2D eigenvalue weighted by molar-refractivity contribution is 7.32. The lowest BCUT2D eigenvalue weighted by atomic mass is 9.97. The number of ketones is 1. The van der Waals surface area contributed by atoms with E-state index in [0.717, 1.165) is 11.3 Å². The molecule has 0 spiro atoms. The van der Waals surface area contributed by atoms with Crippen LogP contribution in [0.25, 0.3) is 6.08 Å². The molecule has 1 aromatic rings. The van der Waals surface area contributed by atoms with Crippen molar-refractivity contribution in [3.05, 3.63) is 47.4 Å². The van der Waals surface area contributed by atoms with Gasteiger partial charge in [-0.25, -0.2) is 4.57 Å². The first-order valence-electron chi connectivity index (χ1n) is 6.20. The number of Topliss-reactive ketones (excluding diaryl/α,β-unsaturated/α-hetero) is 1. The van der Waals surface area contributed by atoms with Crippen LogP contribution in [-0.2, 0) is 13.9 Å². The first kappa shape index (κ1) is 13.2. The van der Waals surface area contributed by atoms with Crippen molar-refractivity contribution < 1.29 is 18.8 Å². The van der Waals surface area contributed by atoms with Gasteiger partial charge in [-0.1, -0.05) is 24.3 Å². The van der Waals surface area contributed by atoms with Gasteiger partial charge in [0.05, 0.1) is 5.70 Å². The largest absolute Gasteiger partial charge is 0.420 e. The molecule has 0 aromatic heterocycles. The summed E-state index contributed by atoms with van der Waals surface area (Å²) in [7, 11) is -3.22. The number of hydrogen-bond acceptors (Lipinski definition) is 4. The van der Waals surface area contributed by atoms with Crippen LogP contribution in [0.3, 0.4) is 0 Å². The number of carbonyl (C=O) groups excluding carboxylic acids is 1. The lowest BCUT2D eigenvalue weighted by Gasteiger charge is -2.36. The molecular formula is C14H14NO4P. The van der Waals surface area contributed by atoms with Crippen LogP contribution >= 0.6 is 8.25 Å². The van der Waals surface area contributed by atoms with Crippen LogP contribution in [0, 0.1) is 0 Å². The Morgan fingerprint density at radius 1 is 1.25 bits per heavy atom. The second-order valence-corrected chi connectivity index (χ2v) is 5.93. The smallest absolute Gasteiger partial charge is 0.365 e. The summed E-state index contributed by atoms with van der Waals surface area (Å²) in [5, 5.41) is 0. The Bertz CT molecular complexity index is 690. The highest BCUT2D eigenvalue weighted by atomic mass is 31.1. The molecule has 0 radical (unpaired) electrons. The Morgan fingerprint density at radius 3 is 2.65 bits per heavy atom. The average molecular weight is 291 g/mol. The third kappa shape index (κ3) is 1.74. The van der Waals surface area contributed by atoms with Crippen LogP contribution in [0.5, 0.6) is 0 Å². The van der Waals surface area contributed by atoms with E-state index < -0.39 is 13.8 Å². The van der Waals surface area contributed by atoms with Crippen molar-refractivity contribution in [1.29, 1.82) is 0 Å². The molecule has 0 saturated carbocycles. The molecule has 6 heteroatoms. The van der Waals surface area contributed by atoms with E-state index in [9.17, 15) is 9.36 Å². The number of fused-ring (bicyclic) bond motifs is 3. The van der Waals surface area contributed by atoms with Gasteiger partial charge in [0, 0.05) is 5.69 Å². The minimum Gasteiger partial charge on any atom is -0.420 e. The van der Waals surface area contributed by atoms with E-state index in [2.05, 4.69) is 0 Å². The summed E-state index contributed by atoms with van der Waals surface area (Å²) >= 11 is 0. The van der Waals surface area contributed by atoms with Crippen molar-refractivity contribution in [3.63, 3.8) is 0 Å². The van der Waals surface area contributed by atoms with Gasteiger partial charge in [-0.3, -0.25) is 4.79 Å². The van der Waals surface area contributed by atoms with Gasteiger partial charge < -0.3 is 14.3 Å². The highest BCUT2D eigenvalue weighted by Gasteiger charge is 2.49. The van der Waals surface area contributed by atoms with E-state index in [1.165, 1.54) is 0 Å². The second-order valence-electron chi connectivity index (χ2n) is 5.20. The Kier molecular flexibility index (Phi) is 2.85. The fraction of sp³-hybridized carbons (Fsp3) is 0.214. The summed E-state index contributed by atoms with van der Waals surface area (Å²) in [4.78, 5) is 23.3. The van der Waals surface area contributed by atoms with Crippen molar-refractivity contribution in [2.45, 2.75) is 19.4 Å². The molecule has 1 aromatic carbocycles. The third-order valence-corrected chi connectivity index (χ3v) is 3.96. The summed E-state index contributed by atoms with van der Waals surface area (Å²) in [5.74, 6) is -0.326. The van der Waals surface area contributed by atoms with Crippen LogP contribution in [0.15, 0.2) is 41.8 Å². The molecule has 0 bridgehead atoms. The molecule has 1 atom stereocenters. The van der Waals surface area contributed by atoms with Crippen LogP contribution in [0.2, 0.25) is 0 Å². The van der Waals surface area contributed by atoms with E-state index in [4.69, 9.17) is 9.42 Å². The van der Waals surface area contributed by atoms with Gasteiger partial charge in [0.1, 0.15) is 5.54 Å². The van der Waals surface area contributed by atoms with Gasteiger partial charge in [0.25, 0.3) is 0 Å². The Hall–Kier alpha value is -1.84. The number of rotatable bonds is 2. The Labute approximate surface area is 117 Å². The van der Waals surface area contributed by atoms with Crippen molar-refractivity contribution in [3.8, 4) is 0 Å². The molecular weight excluding hydrogens is 277 g/mol. The number of benzene rings is 1. The van der Waals surface area contributed by atoms with Gasteiger partial charge in [0.15, 0.2) is 5.76 Å². The lowest BCUT2D eigenvalue weighted by Crippen LogP contribution is -2.45. The number of nitrogens with zero attached hydrogens (tertiary/aromatic N) is 1. The summed E-state index contributed by atoms with van der Waals surface area (Å²) < 4.78 is 15.8. The molecule has 5 nitrogen and oxygen atoms in total. The average Bonchev–Trinajstić information content (AvgIpc) is 2.60. The van der Waals surface area contributed by atoms with Gasteiger partial charge in [-0.15, -0.1) is 0 Å². The fourth-order valence-electron chi connectivity index (χ4n) is 2.67. The molecule has 3 rings (SSSR count). The standard InChI is InChI=1S/C14H14NO4P/c1-14(2)13(16)12(19-20(17)18)11-8-7-9-5-3-4-6-10(9)15(11)14/h3-8,20H,1-2H3,(H,17,18). The zero-order chi connectivity index (χ0) is 14.5. The van der Waals surface area contributed by atoms with Crippen molar-refractivity contribution in [2.75, 3.05) is 4.90 Å². The predicted molar refractivity (Wildman–Crippen MR) is 76.4 cm³/mol. The van der Waals surface area contributed by atoms with Crippen molar-refractivity contribution in [2.24, 2.45) is 0 Å². The zero-order valence-corrected chi connectivity index (χ0v) is 12.1. The number of carbonyl (C=O) groups is 1. The maximum atomic E-state index is 12.4. The SMILES string of the molecule is CC1(C)C(=O)C(O[PH](=O)O)=C2C=Cc3ccccc3N21. The molecule has 0 aliphatic carbocycles. The molecule has 104 valence electrons. The third-order valence-electron chi connectivity index (χ3n) is 3.58. The maximum Gasteiger partial charge on any atom is 0.365 e. The van der Waals surface area contributed by atoms with E-state index >= 15 is 0 Å². The summed E-state index contributed by atoms with van der Waals surface area (Å²) in [6.45, 7) is 3.55. The number of anilines is 1. The van der Waals surface area contributed by atoms with E-state index in [1.54, 1.807) is 19.9 Å². The minimum atomic E-state index is -3.22. The van der Waals surface area contributed by atoms with Crippen LogP contribution in [0.4, 0.5) is 5.69 Å². The maximum absolute atomic E-state index is 12.4. The first-order valence-corrected chi connectivity index (χ1v) is 7.46. The predicted octanol–water partition coefficient (Wildman–Crippen LogP) is 2.49. The lowest BCUT2D eigenvalue weighted by molar-refractivity contribution is -0.120. The minimum absolute atomic E-state index is 0.0351. The molecule has 0 saturated heterocycles. The Morgan fingerprint density at radius 2 is 1.95 bits per heavy atom. The van der Waals surface area contributed by atoms with Crippen LogP contribution < -0.4 is 4.90 Å². The van der Waals surface area contributed by atoms with E-state index in [-0.39, 0.29) is 11.5 Å². The topological polar surface area (TPSA) is 66.8 Å². The molecule has 0 fully saturated rings. The zero-order valence-electron chi connectivity index (χ0n) is 11.1. The normalized spacial score (nSPS) is 20.8. The molecule has 2 aliphatic heterocycles. The van der Waals surface area contributed by atoms with Gasteiger partial charge in [-0.2, -0.15) is 0 Å². The van der Waals surface area contributed by atoms with Crippen molar-refractivity contribution in [1.82, 2.24) is 0 Å². The molecule has 2 aliphatic rings. The quantitative estimate of drug-likeness (QED) is 0.848. The monoisotopic (exact) mass is 291 g/mol. The molecule has 2 heterocycles. The summed E-state index contributed by atoms with van der Waals surface area (Å²) in [6, 6.07) is 7.69. The molecule has 1 unspecified atom stereocenters. The van der Waals surface area contributed by atoms with Crippen molar-refractivity contribution >= 4 is 25.8 Å². The highest BCUT2D eigenvalue weighted by Crippen LogP contribution is 2.45. The van der Waals surface area contributed by atoms with Gasteiger partial charge in [0.2, 0.25) is 5.78 Å². The molecule has 1 N–H and O–H groups in total. The summed E-state index contributed by atoms with van der Waals surface area (Å²) in [6.07, 6.45) is 3.61. The molecule has 20 heavy (non-hydrogen) atoms. The van der Waals surface area contributed by atoms with Crippen LogP contribution in [0.1, 0.15) is 19.4 Å². The summed E-state index contributed by atoms with van der Waals surface area (Å²) in [5.41, 5.74) is 1.57. The van der Waals surface area contributed by atoms with Gasteiger partial charge >= 0.3 is 8.25 Å². The first-order chi connectivity index (χ1) is 9.43. The fourth-order valence-corrected chi connectivity index (χ4v) is 3.04. The number of allylic oxidation sites excluding steroid dienone is 1. The number of para-hydroxylation sites is 1. The van der Waals surface area contributed by atoms with E-state index in [0.29, 0.717) is 5.70 Å². The Balaban J connectivity index is 2.21. The van der Waals surface area contributed by atoms with Gasteiger partial charge in [-0.05, 0) is 31.6 Å². The van der Waals surface area contributed by atoms with Crippen LogP contribution in [-0.4, -0.2) is 16.2 Å². The second kappa shape index (κ2) is 4.33.